The van der Waals surface area contributed by atoms with E-state index in [0.29, 0.717) is 6.04 Å². The Morgan fingerprint density at radius 1 is 1.26 bits per heavy atom. The Balaban J connectivity index is 2.12. The van der Waals surface area contributed by atoms with Crippen LogP contribution in [0.15, 0.2) is 25.6 Å². The van der Waals surface area contributed by atoms with E-state index in [4.69, 9.17) is 4.74 Å². The van der Waals surface area contributed by atoms with Gasteiger partial charge in [0, 0.05) is 22.4 Å². The molecule has 2 rings (SSSR count). The molecule has 1 saturated carbocycles. The Hall–Kier alpha value is 0.420. The van der Waals surface area contributed by atoms with Gasteiger partial charge in [0.2, 0.25) is 0 Å². The molecule has 1 aromatic carbocycles. The monoisotopic (exact) mass is 453 g/mol. The summed E-state index contributed by atoms with van der Waals surface area (Å²) in [4.78, 5) is 0. The van der Waals surface area contributed by atoms with E-state index in [1.165, 1.54) is 0 Å². The maximum atomic E-state index is 6.20. The molecule has 0 saturated heterocycles. The molecule has 0 aliphatic heterocycles. The van der Waals surface area contributed by atoms with E-state index in [1.807, 2.05) is 12.1 Å². The minimum atomic E-state index is 0.155. The zero-order chi connectivity index (χ0) is 14.2. The van der Waals surface area contributed by atoms with Crippen molar-refractivity contribution in [3.63, 3.8) is 0 Å². The highest BCUT2D eigenvalue weighted by molar-refractivity contribution is 9.11. The molecule has 0 radical (unpaired) electrons. The Morgan fingerprint density at radius 2 is 1.84 bits per heavy atom. The second-order valence-electron chi connectivity index (χ2n) is 5.47. The molecular weight excluding hydrogens is 438 g/mol. The van der Waals surface area contributed by atoms with Crippen LogP contribution in [0, 0.1) is 5.41 Å². The summed E-state index contributed by atoms with van der Waals surface area (Å²) < 4.78 is 9.17. The van der Waals surface area contributed by atoms with Crippen molar-refractivity contribution < 1.29 is 4.74 Å². The lowest BCUT2D eigenvalue weighted by atomic mass is 9.64. The summed E-state index contributed by atoms with van der Waals surface area (Å²) in [5.74, 6) is 0.885. The molecule has 1 aromatic rings. The van der Waals surface area contributed by atoms with E-state index >= 15 is 0 Å². The zero-order valence-electron chi connectivity index (χ0n) is 11.3. The number of benzene rings is 1. The molecule has 2 unspecified atom stereocenters. The van der Waals surface area contributed by atoms with Crippen molar-refractivity contribution in [3.8, 4) is 5.75 Å². The summed E-state index contributed by atoms with van der Waals surface area (Å²) in [6.07, 6.45) is 1.29. The van der Waals surface area contributed by atoms with E-state index in [1.54, 1.807) is 0 Å². The molecule has 5 heteroatoms. The predicted molar refractivity (Wildman–Crippen MR) is 89.8 cm³/mol. The summed E-state index contributed by atoms with van der Waals surface area (Å²) in [7, 11) is 0. The molecular formula is C14H18Br3NO. The van der Waals surface area contributed by atoms with E-state index < -0.39 is 0 Å². The molecule has 1 fully saturated rings. The molecule has 0 heterocycles. The summed E-state index contributed by atoms with van der Waals surface area (Å²) in [5, 5.41) is 3.52. The average Bonchev–Trinajstić information content (AvgIpc) is 2.30. The Kier molecular flexibility index (Phi) is 5.02. The molecule has 2 nitrogen and oxygen atoms in total. The van der Waals surface area contributed by atoms with Crippen LogP contribution in [0.25, 0.3) is 0 Å². The first-order valence-electron chi connectivity index (χ1n) is 6.40. The van der Waals surface area contributed by atoms with Gasteiger partial charge in [0.15, 0.2) is 0 Å². The van der Waals surface area contributed by atoms with Gasteiger partial charge < -0.3 is 10.1 Å². The topological polar surface area (TPSA) is 21.3 Å². The molecule has 0 spiro atoms. The lowest BCUT2D eigenvalue weighted by Crippen LogP contribution is -2.62. The van der Waals surface area contributed by atoms with Crippen LogP contribution in [-0.2, 0) is 0 Å². The first kappa shape index (κ1) is 15.8. The van der Waals surface area contributed by atoms with E-state index in [9.17, 15) is 0 Å². The fourth-order valence-electron chi connectivity index (χ4n) is 2.46. The maximum absolute atomic E-state index is 6.20. The second kappa shape index (κ2) is 6.04. The molecule has 1 N–H and O–H groups in total. The summed E-state index contributed by atoms with van der Waals surface area (Å²) >= 11 is 10.6. The van der Waals surface area contributed by atoms with Gasteiger partial charge in [-0.05, 0) is 50.5 Å². The van der Waals surface area contributed by atoms with Gasteiger partial charge in [-0.2, -0.15) is 0 Å². The fourth-order valence-corrected chi connectivity index (χ4v) is 4.91. The number of halogens is 3. The molecule has 0 bridgehead atoms. The second-order valence-corrected chi connectivity index (χ2v) is 8.10. The van der Waals surface area contributed by atoms with Gasteiger partial charge in [-0.1, -0.05) is 36.7 Å². The van der Waals surface area contributed by atoms with Crippen molar-refractivity contribution in [1.82, 2.24) is 5.32 Å². The number of ether oxygens (including phenoxy) is 1. The van der Waals surface area contributed by atoms with Crippen LogP contribution in [-0.4, -0.2) is 18.7 Å². The third-order valence-corrected chi connectivity index (χ3v) is 5.49. The van der Waals surface area contributed by atoms with Gasteiger partial charge in [-0.3, -0.25) is 0 Å². The summed E-state index contributed by atoms with van der Waals surface area (Å²) in [6, 6.07) is 4.55. The SMILES string of the molecule is CCNC1CC(Oc2c(Br)cc(Br)cc2Br)C1(C)C. The highest BCUT2D eigenvalue weighted by Gasteiger charge is 2.49. The molecule has 106 valence electrons. The van der Waals surface area contributed by atoms with Crippen LogP contribution in [0.2, 0.25) is 0 Å². The fraction of sp³-hybridized carbons (Fsp3) is 0.571. The average molecular weight is 456 g/mol. The van der Waals surface area contributed by atoms with Gasteiger partial charge in [-0.15, -0.1) is 0 Å². The van der Waals surface area contributed by atoms with Gasteiger partial charge in [0.05, 0.1) is 8.95 Å². The molecule has 19 heavy (non-hydrogen) atoms. The largest absolute Gasteiger partial charge is 0.487 e. The Bertz CT molecular complexity index is 453. The van der Waals surface area contributed by atoms with Crippen molar-refractivity contribution in [2.45, 2.75) is 39.3 Å². The van der Waals surface area contributed by atoms with Crippen LogP contribution in [0.3, 0.4) is 0 Å². The minimum Gasteiger partial charge on any atom is -0.487 e. The summed E-state index contributed by atoms with van der Waals surface area (Å²) in [6.45, 7) is 7.67. The lowest BCUT2D eigenvalue weighted by molar-refractivity contribution is -0.0549. The van der Waals surface area contributed by atoms with Crippen LogP contribution in [0.5, 0.6) is 5.75 Å². The lowest BCUT2D eigenvalue weighted by Gasteiger charge is -2.51. The normalized spacial score (nSPS) is 24.9. The minimum absolute atomic E-state index is 0.155. The number of hydrogen-bond acceptors (Lipinski definition) is 2. The van der Waals surface area contributed by atoms with E-state index in [-0.39, 0.29) is 11.5 Å². The van der Waals surface area contributed by atoms with Crippen molar-refractivity contribution in [2.24, 2.45) is 5.41 Å². The van der Waals surface area contributed by atoms with Crippen LogP contribution in [0.4, 0.5) is 0 Å². The van der Waals surface area contributed by atoms with Gasteiger partial charge >= 0.3 is 0 Å². The molecule has 1 aliphatic carbocycles. The maximum Gasteiger partial charge on any atom is 0.148 e. The van der Waals surface area contributed by atoms with Gasteiger partial charge in [0.25, 0.3) is 0 Å². The van der Waals surface area contributed by atoms with Crippen molar-refractivity contribution >= 4 is 47.8 Å². The Labute approximate surface area is 140 Å². The summed E-state index contributed by atoms with van der Waals surface area (Å²) in [5.41, 5.74) is 0.155. The predicted octanol–water partition coefficient (Wildman–Crippen LogP) is 5.13. The van der Waals surface area contributed by atoms with E-state index in [2.05, 4.69) is 73.9 Å². The highest BCUT2D eigenvalue weighted by Crippen LogP contribution is 2.46. The number of hydrogen-bond donors (Lipinski definition) is 1. The van der Waals surface area contributed by atoms with Crippen LogP contribution >= 0.6 is 47.8 Å². The zero-order valence-corrected chi connectivity index (χ0v) is 16.0. The third kappa shape index (κ3) is 3.20. The molecule has 1 aliphatic rings. The number of nitrogens with one attached hydrogen (secondary N) is 1. The standard InChI is InChI=1S/C14H18Br3NO/c1-4-18-11-7-12(14(11,2)3)19-13-9(16)5-8(15)6-10(13)17/h5-6,11-12,18H,4,7H2,1-3H3. The molecule has 0 amide bonds. The van der Waals surface area contributed by atoms with Gasteiger partial charge in [-0.25, -0.2) is 0 Å². The van der Waals surface area contributed by atoms with Gasteiger partial charge in [0.1, 0.15) is 11.9 Å². The smallest absolute Gasteiger partial charge is 0.148 e. The first-order valence-corrected chi connectivity index (χ1v) is 8.78. The third-order valence-electron chi connectivity index (χ3n) is 3.85. The van der Waals surface area contributed by atoms with Crippen molar-refractivity contribution in [2.75, 3.05) is 6.54 Å². The first-order chi connectivity index (χ1) is 8.86. The van der Waals surface area contributed by atoms with Crippen LogP contribution in [0.1, 0.15) is 27.2 Å². The molecule has 2 atom stereocenters. The van der Waals surface area contributed by atoms with Crippen molar-refractivity contribution in [3.05, 3.63) is 25.6 Å². The molecule has 0 aromatic heterocycles. The van der Waals surface area contributed by atoms with E-state index in [0.717, 1.165) is 32.1 Å². The number of rotatable bonds is 4. The van der Waals surface area contributed by atoms with Crippen molar-refractivity contribution in [1.29, 1.82) is 0 Å². The van der Waals surface area contributed by atoms with Crippen LogP contribution < -0.4 is 10.1 Å². The quantitative estimate of drug-likeness (QED) is 0.679. The highest BCUT2D eigenvalue weighted by atomic mass is 79.9. The Morgan fingerprint density at radius 3 is 2.32 bits per heavy atom.